The Hall–Kier alpha value is -2.05. The van der Waals surface area contributed by atoms with E-state index in [1.54, 1.807) is 18.2 Å². The molecule has 0 atom stereocenters. The van der Waals surface area contributed by atoms with Crippen molar-refractivity contribution in [3.63, 3.8) is 0 Å². The van der Waals surface area contributed by atoms with Crippen LogP contribution in [0.25, 0.3) is 0 Å². The number of nitrogens with one attached hydrogen (secondary N) is 1. The molecule has 22 heavy (non-hydrogen) atoms. The van der Waals surface area contributed by atoms with Gasteiger partial charge in [0.25, 0.3) is 5.91 Å². The first-order valence-corrected chi connectivity index (χ1v) is 7.34. The minimum absolute atomic E-state index is 0.0961. The van der Waals surface area contributed by atoms with Crippen molar-refractivity contribution in [2.24, 2.45) is 0 Å². The molecule has 0 aliphatic heterocycles. The number of para-hydroxylation sites is 1. The van der Waals surface area contributed by atoms with E-state index in [-0.39, 0.29) is 16.3 Å². The molecule has 2 aromatic rings. The summed E-state index contributed by atoms with van der Waals surface area (Å²) in [4.78, 5) is 23.6. The minimum atomic E-state index is -0.831. The fourth-order valence-electron chi connectivity index (χ4n) is 1.63. The Labute approximate surface area is 140 Å². The first-order chi connectivity index (χ1) is 10.5. The highest BCUT2D eigenvalue weighted by atomic mass is 79.9. The minimum Gasteiger partial charge on any atom is -0.507 e. The van der Waals surface area contributed by atoms with Crippen LogP contribution < -0.4 is 5.32 Å². The summed E-state index contributed by atoms with van der Waals surface area (Å²) in [6, 6.07) is 11.0. The standard InChI is InChI=1S/C15H11BrClNO4/c16-11-3-1-2-4-12(11)18-14(20)8-22-15(21)10-7-9(17)5-6-13(10)19/h1-7,19H,8H2,(H,18,20). The summed E-state index contributed by atoms with van der Waals surface area (Å²) in [6.07, 6.45) is 0. The summed E-state index contributed by atoms with van der Waals surface area (Å²) in [6.45, 7) is -0.480. The Morgan fingerprint density at radius 1 is 1.23 bits per heavy atom. The second kappa shape index (κ2) is 7.29. The van der Waals surface area contributed by atoms with Gasteiger partial charge in [-0.3, -0.25) is 4.79 Å². The van der Waals surface area contributed by atoms with E-state index in [4.69, 9.17) is 16.3 Å². The Morgan fingerprint density at radius 2 is 1.95 bits per heavy atom. The maximum atomic E-state index is 11.8. The maximum Gasteiger partial charge on any atom is 0.342 e. The first-order valence-electron chi connectivity index (χ1n) is 6.17. The SMILES string of the molecule is O=C(COC(=O)c1cc(Cl)ccc1O)Nc1ccccc1Br. The number of phenols is 1. The number of anilines is 1. The molecule has 7 heteroatoms. The van der Waals surface area contributed by atoms with Crippen molar-refractivity contribution in [1.29, 1.82) is 0 Å². The third-order valence-electron chi connectivity index (χ3n) is 2.66. The molecule has 0 aliphatic carbocycles. The van der Waals surface area contributed by atoms with Crippen molar-refractivity contribution in [1.82, 2.24) is 0 Å². The van der Waals surface area contributed by atoms with Crippen LogP contribution in [0.15, 0.2) is 46.9 Å². The van der Waals surface area contributed by atoms with Crippen LogP contribution in [0.3, 0.4) is 0 Å². The quantitative estimate of drug-likeness (QED) is 0.790. The number of hydrogen-bond donors (Lipinski definition) is 2. The molecule has 0 saturated heterocycles. The zero-order valence-electron chi connectivity index (χ0n) is 11.2. The number of phenolic OH excluding ortho intramolecular Hbond substituents is 1. The van der Waals surface area contributed by atoms with Gasteiger partial charge in [0, 0.05) is 9.50 Å². The molecule has 2 aromatic carbocycles. The molecule has 1 amide bonds. The highest BCUT2D eigenvalue weighted by Gasteiger charge is 2.15. The summed E-state index contributed by atoms with van der Waals surface area (Å²) in [5.74, 6) is -1.59. The van der Waals surface area contributed by atoms with Crippen molar-refractivity contribution in [2.45, 2.75) is 0 Å². The van der Waals surface area contributed by atoms with Gasteiger partial charge in [0.15, 0.2) is 6.61 Å². The summed E-state index contributed by atoms with van der Waals surface area (Å²) < 4.78 is 5.56. The average Bonchev–Trinajstić information content (AvgIpc) is 2.49. The van der Waals surface area contributed by atoms with Gasteiger partial charge in [0.1, 0.15) is 11.3 Å². The Morgan fingerprint density at radius 3 is 2.68 bits per heavy atom. The second-order valence-electron chi connectivity index (χ2n) is 4.27. The molecule has 0 heterocycles. The van der Waals surface area contributed by atoms with E-state index in [0.29, 0.717) is 10.2 Å². The van der Waals surface area contributed by atoms with Crippen LogP contribution in [0.1, 0.15) is 10.4 Å². The van der Waals surface area contributed by atoms with E-state index < -0.39 is 18.5 Å². The van der Waals surface area contributed by atoms with Crippen molar-refractivity contribution < 1.29 is 19.4 Å². The lowest BCUT2D eigenvalue weighted by atomic mass is 10.2. The molecule has 2 rings (SSSR count). The number of esters is 1. The smallest absolute Gasteiger partial charge is 0.342 e. The highest BCUT2D eigenvalue weighted by Crippen LogP contribution is 2.23. The molecular weight excluding hydrogens is 374 g/mol. The number of carbonyl (C=O) groups is 2. The number of carbonyl (C=O) groups excluding carboxylic acids is 2. The van der Waals surface area contributed by atoms with Gasteiger partial charge in [-0.1, -0.05) is 23.7 Å². The van der Waals surface area contributed by atoms with Gasteiger partial charge >= 0.3 is 5.97 Å². The zero-order chi connectivity index (χ0) is 16.1. The average molecular weight is 385 g/mol. The fourth-order valence-corrected chi connectivity index (χ4v) is 2.19. The van der Waals surface area contributed by atoms with Gasteiger partial charge in [-0.25, -0.2) is 4.79 Å². The normalized spacial score (nSPS) is 10.1. The largest absolute Gasteiger partial charge is 0.507 e. The molecule has 0 aromatic heterocycles. The molecule has 0 bridgehead atoms. The monoisotopic (exact) mass is 383 g/mol. The predicted octanol–water partition coefficient (Wildman–Crippen LogP) is 3.60. The highest BCUT2D eigenvalue weighted by molar-refractivity contribution is 9.10. The Bertz CT molecular complexity index is 720. The number of rotatable bonds is 4. The first kappa shape index (κ1) is 16.3. The third kappa shape index (κ3) is 4.22. The predicted molar refractivity (Wildman–Crippen MR) is 86.2 cm³/mol. The molecule has 5 nitrogen and oxygen atoms in total. The van der Waals surface area contributed by atoms with Crippen LogP contribution in [-0.2, 0) is 9.53 Å². The van der Waals surface area contributed by atoms with Gasteiger partial charge in [0.05, 0.1) is 5.69 Å². The number of halogens is 2. The summed E-state index contributed by atoms with van der Waals surface area (Å²) in [5.41, 5.74) is 0.468. The van der Waals surface area contributed by atoms with Gasteiger partial charge in [-0.2, -0.15) is 0 Å². The van der Waals surface area contributed by atoms with E-state index in [1.807, 2.05) is 6.07 Å². The van der Waals surface area contributed by atoms with E-state index >= 15 is 0 Å². The van der Waals surface area contributed by atoms with Gasteiger partial charge in [0.2, 0.25) is 0 Å². The number of amides is 1. The Balaban J connectivity index is 1.95. The fraction of sp³-hybridized carbons (Fsp3) is 0.0667. The maximum absolute atomic E-state index is 11.8. The molecule has 0 aliphatic rings. The van der Waals surface area contributed by atoms with Gasteiger partial charge in [-0.05, 0) is 46.3 Å². The second-order valence-corrected chi connectivity index (χ2v) is 5.56. The van der Waals surface area contributed by atoms with Crippen LogP contribution in [-0.4, -0.2) is 23.6 Å². The number of aromatic hydroxyl groups is 1. The molecular formula is C15H11BrClNO4. The van der Waals surface area contributed by atoms with Crippen LogP contribution in [0.2, 0.25) is 5.02 Å². The molecule has 0 fully saturated rings. The summed E-state index contributed by atoms with van der Waals surface area (Å²) in [5, 5.41) is 12.4. The molecule has 2 N–H and O–H groups in total. The van der Waals surface area contributed by atoms with E-state index in [9.17, 15) is 14.7 Å². The van der Waals surface area contributed by atoms with Crippen LogP contribution in [0.4, 0.5) is 5.69 Å². The van der Waals surface area contributed by atoms with Gasteiger partial charge in [-0.15, -0.1) is 0 Å². The van der Waals surface area contributed by atoms with Crippen molar-refractivity contribution in [2.75, 3.05) is 11.9 Å². The van der Waals surface area contributed by atoms with E-state index in [2.05, 4.69) is 21.2 Å². The van der Waals surface area contributed by atoms with E-state index in [0.717, 1.165) is 0 Å². The van der Waals surface area contributed by atoms with Gasteiger partial charge < -0.3 is 15.2 Å². The van der Waals surface area contributed by atoms with Crippen LogP contribution >= 0.6 is 27.5 Å². The van der Waals surface area contributed by atoms with E-state index in [1.165, 1.54) is 18.2 Å². The van der Waals surface area contributed by atoms with Crippen LogP contribution in [0.5, 0.6) is 5.75 Å². The van der Waals surface area contributed by atoms with Crippen molar-refractivity contribution in [3.05, 3.63) is 57.5 Å². The summed E-state index contributed by atoms with van der Waals surface area (Å²) >= 11 is 9.03. The van der Waals surface area contributed by atoms with Crippen molar-refractivity contribution in [3.8, 4) is 5.75 Å². The number of hydrogen-bond acceptors (Lipinski definition) is 4. The zero-order valence-corrected chi connectivity index (χ0v) is 13.5. The van der Waals surface area contributed by atoms with Crippen molar-refractivity contribution >= 4 is 45.1 Å². The summed E-state index contributed by atoms with van der Waals surface area (Å²) in [7, 11) is 0. The molecule has 0 spiro atoms. The Kier molecular flexibility index (Phi) is 5.41. The number of ether oxygens (including phenoxy) is 1. The molecule has 0 unspecified atom stereocenters. The lowest BCUT2D eigenvalue weighted by Gasteiger charge is -2.08. The lowest BCUT2D eigenvalue weighted by Crippen LogP contribution is -2.21. The van der Waals surface area contributed by atoms with Crippen LogP contribution in [0, 0.1) is 0 Å². The molecule has 0 radical (unpaired) electrons. The number of benzene rings is 2. The lowest BCUT2D eigenvalue weighted by molar-refractivity contribution is -0.119. The third-order valence-corrected chi connectivity index (χ3v) is 3.59. The molecule has 0 saturated carbocycles. The topological polar surface area (TPSA) is 75.6 Å². The molecule has 114 valence electrons.